The molecule has 2 rings (SSSR count). The van der Waals surface area contributed by atoms with Crippen LogP contribution >= 0.6 is 46.4 Å². The van der Waals surface area contributed by atoms with Gasteiger partial charge in [-0.15, -0.1) is 0 Å². The first-order chi connectivity index (χ1) is 15.4. The molecule has 2 aromatic rings. The molecule has 0 aromatic heterocycles. The minimum atomic E-state index is -7.11. The molecular formula is C18H8Cl4F8N2O2. The van der Waals surface area contributed by atoms with E-state index < -0.39 is 67.0 Å². The van der Waals surface area contributed by atoms with Gasteiger partial charge in [-0.1, -0.05) is 58.5 Å². The third-order valence-corrected chi connectivity index (χ3v) is 5.42. The smallest absolute Gasteiger partial charge is 0.318 e. The number of alkyl halides is 8. The van der Waals surface area contributed by atoms with Crippen LogP contribution in [0.15, 0.2) is 36.4 Å². The Bertz CT molecular complexity index is 1000. The molecule has 34 heavy (non-hydrogen) atoms. The Hall–Kier alpha value is -2.02. The summed E-state index contributed by atoms with van der Waals surface area (Å²) >= 11 is 22.3. The molecule has 0 saturated carbocycles. The molecule has 0 aliphatic carbocycles. The molecule has 2 amide bonds. The molecule has 0 spiro atoms. The van der Waals surface area contributed by atoms with Crippen LogP contribution in [-0.2, 0) is 9.59 Å². The summed E-state index contributed by atoms with van der Waals surface area (Å²) in [6, 6.07) is 6.17. The average molecular weight is 578 g/mol. The summed E-state index contributed by atoms with van der Waals surface area (Å²) in [6.45, 7) is 0. The van der Waals surface area contributed by atoms with Crippen molar-refractivity contribution in [1.82, 2.24) is 0 Å². The third-order valence-electron chi connectivity index (χ3n) is 4.16. The van der Waals surface area contributed by atoms with E-state index in [-0.39, 0.29) is 0 Å². The molecule has 0 bridgehead atoms. The van der Waals surface area contributed by atoms with Gasteiger partial charge in [-0.2, -0.15) is 35.1 Å². The van der Waals surface area contributed by atoms with Crippen LogP contribution in [0.3, 0.4) is 0 Å². The van der Waals surface area contributed by atoms with E-state index in [2.05, 4.69) is 0 Å². The van der Waals surface area contributed by atoms with E-state index in [4.69, 9.17) is 46.4 Å². The van der Waals surface area contributed by atoms with Gasteiger partial charge in [-0.05, 0) is 24.3 Å². The first-order valence-corrected chi connectivity index (χ1v) is 9.93. The number of hydrogen-bond acceptors (Lipinski definition) is 2. The highest BCUT2D eigenvalue weighted by Gasteiger charge is 2.84. The van der Waals surface area contributed by atoms with Crippen molar-refractivity contribution in [2.45, 2.75) is 23.7 Å². The van der Waals surface area contributed by atoms with Crippen molar-refractivity contribution in [3.8, 4) is 0 Å². The molecule has 0 aliphatic heterocycles. The van der Waals surface area contributed by atoms with Crippen molar-refractivity contribution in [3.05, 3.63) is 56.5 Å². The van der Waals surface area contributed by atoms with Crippen LogP contribution in [0.4, 0.5) is 46.5 Å². The summed E-state index contributed by atoms with van der Waals surface area (Å²) in [5.41, 5.74) is -1.76. The Kier molecular flexibility index (Phi) is 7.93. The Labute approximate surface area is 205 Å². The SMILES string of the molecule is O=C(Nc1c(Cl)cccc1Cl)C(F)(F)C(F)(F)C(F)(F)C(F)(F)C(=O)Nc1c(Cl)cccc1Cl. The molecule has 4 nitrogen and oxygen atoms in total. The number of rotatable bonds is 7. The van der Waals surface area contributed by atoms with Crippen LogP contribution in [-0.4, -0.2) is 35.5 Å². The van der Waals surface area contributed by atoms with Crippen LogP contribution < -0.4 is 10.6 Å². The number of para-hydroxylation sites is 2. The number of carbonyl (C=O) groups is 2. The fourth-order valence-corrected chi connectivity index (χ4v) is 3.28. The lowest BCUT2D eigenvalue weighted by molar-refractivity contribution is -0.345. The van der Waals surface area contributed by atoms with Crippen molar-refractivity contribution in [1.29, 1.82) is 0 Å². The van der Waals surface area contributed by atoms with Gasteiger partial charge in [0.1, 0.15) is 0 Å². The van der Waals surface area contributed by atoms with Gasteiger partial charge in [0, 0.05) is 0 Å². The van der Waals surface area contributed by atoms with Gasteiger partial charge < -0.3 is 10.6 Å². The minimum absolute atomic E-state index is 0.562. The molecule has 186 valence electrons. The molecule has 2 N–H and O–H groups in total. The van der Waals surface area contributed by atoms with E-state index in [0.717, 1.165) is 47.0 Å². The summed E-state index contributed by atoms with van der Waals surface area (Å²) in [4.78, 5) is 23.5. The molecule has 0 atom stereocenters. The number of nitrogens with one attached hydrogen (secondary N) is 2. The van der Waals surface area contributed by atoms with Crippen molar-refractivity contribution < 1.29 is 44.7 Å². The Morgan fingerprint density at radius 3 is 1.03 bits per heavy atom. The summed E-state index contributed by atoms with van der Waals surface area (Å²) in [7, 11) is 0. The normalized spacial score (nSPS) is 12.9. The lowest BCUT2D eigenvalue weighted by Gasteiger charge is -2.35. The lowest BCUT2D eigenvalue weighted by Crippen LogP contribution is -2.67. The van der Waals surface area contributed by atoms with Gasteiger partial charge in [0.05, 0.1) is 31.5 Å². The number of halogens is 12. The molecule has 0 saturated heterocycles. The summed E-state index contributed by atoms with van der Waals surface area (Å²) in [6.07, 6.45) is 0. The van der Waals surface area contributed by atoms with Crippen molar-refractivity contribution in [2.75, 3.05) is 10.6 Å². The largest absolute Gasteiger partial charge is 0.393 e. The first kappa shape index (κ1) is 28.2. The fourth-order valence-electron chi connectivity index (χ4n) is 2.30. The summed E-state index contributed by atoms with van der Waals surface area (Å²) in [5.74, 6) is -33.5. The van der Waals surface area contributed by atoms with Crippen molar-refractivity contribution >= 4 is 69.6 Å². The quantitative estimate of drug-likeness (QED) is 0.337. The highest BCUT2D eigenvalue weighted by Crippen LogP contribution is 2.53. The van der Waals surface area contributed by atoms with E-state index in [1.165, 1.54) is 0 Å². The number of amides is 2. The first-order valence-electron chi connectivity index (χ1n) is 8.41. The topological polar surface area (TPSA) is 58.2 Å². The predicted molar refractivity (Wildman–Crippen MR) is 110 cm³/mol. The van der Waals surface area contributed by atoms with Gasteiger partial charge in [-0.25, -0.2) is 0 Å². The second kappa shape index (κ2) is 9.56. The molecule has 0 unspecified atom stereocenters. The molecule has 2 aromatic carbocycles. The average Bonchev–Trinajstić information content (AvgIpc) is 2.72. The Morgan fingerprint density at radius 1 is 0.559 bits per heavy atom. The summed E-state index contributed by atoms with van der Waals surface area (Å²) < 4.78 is 113. The molecule has 16 heteroatoms. The molecule has 0 aliphatic rings. The van der Waals surface area contributed by atoms with Crippen LogP contribution in [0.25, 0.3) is 0 Å². The minimum Gasteiger partial charge on any atom is -0.318 e. The number of hydrogen-bond donors (Lipinski definition) is 2. The second-order valence-electron chi connectivity index (χ2n) is 6.40. The van der Waals surface area contributed by atoms with Gasteiger partial charge in [0.2, 0.25) is 0 Å². The van der Waals surface area contributed by atoms with E-state index in [0.29, 0.717) is 0 Å². The highest BCUT2D eigenvalue weighted by molar-refractivity contribution is 6.40. The zero-order valence-corrected chi connectivity index (χ0v) is 18.8. The van der Waals surface area contributed by atoms with Crippen LogP contribution in [0.2, 0.25) is 20.1 Å². The van der Waals surface area contributed by atoms with Gasteiger partial charge in [0.15, 0.2) is 0 Å². The lowest BCUT2D eigenvalue weighted by atomic mass is 9.97. The van der Waals surface area contributed by atoms with E-state index in [9.17, 15) is 44.7 Å². The third kappa shape index (κ3) is 4.73. The number of benzene rings is 2. The van der Waals surface area contributed by atoms with Crippen LogP contribution in [0.5, 0.6) is 0 Å². The maximum Gasteiger partial charge on any atom is 0.393 e. The molecule has 0 radical (unpaired) electrons. The van der Waals surface area contributed by atoms with E-state index in [1.807, 2.05) is 0 Å². The maximum atomic E-state index is 14.2. The van der Waals surface area contributed by atoms with Crippen LogP contribution in [0, 0.1) is 0 Å². The molecule has 0 fully saturated rings. The van der Waals surface area contributed by atoms with Gasteiger partial charge in [0.25, 0.3) is 0 Å². The molecule has 0 heterocycles. The van der Waals surface area contributed by atoms with Crippen LogP contribution in [0.1, 0.15) is 0 Å². The number of carbonyl (C=O) groups excluding carboxylic acids is 2. The molecular weight excluding hydrogens is 570 g/mol. The second-order valence-corrected chi connectivity index (χ2v) is 8.03. The highest BCUT2D eigenvalue weighted by atomic mass is 35.5. The Morgan fingerprint density at radius 2 is 0.794 bits per heavy atom. The van der Waals surface area contributed by atoms with Crippen molar-refractivity contribution in [2.24, 2.45) is 0 Å². The fraction of sp³-hybridized carbons (Fsp3) is 0.222. The van der Waals surface area contributed by atoms with E-state index in [1.54, 1.807) is 0 Å². The standard InChI is InChI=1S/C18H8Cl4F8N2O2/c19-7-3-1-4-8(20)11(7)31-13(33)15(23,24)17(27,28)18(29,30)16(25,26)14(34)32-12-9(21)5-2-6-10(12)22/h1-6H,(H,31,33)(H,32,34). The van der Waals surface area contributed by atoms with E-state index >= 15 is 0 Å². The van der Waals surface area contributed by atoms with Gasteiger partial charge >= 0.3 is 35.5 Å². The predicted octanol–water partition coefficient (Wildman–Crippen LogP) is 7.42. The zero-order chi connectivity index (χ0) is 26.3. The monoisotopic (exact) mass is 576 g/mol. The zero-order valence-electron chi connectivity index (χ0n) is 15.8. The number of anilines is 2. The van der Waals surface area contributed by atoms with Crippen molar-refractivity contribution in [3.63, 3.8) is 0 Å². The Balaban J connectivity index is 2.41. The summed E-state index contributed by atoms with van der Waals surface area (Å²) in [5, 5.41) is -0.0761. The van der Waals surface area contributed by atoms with Gasteiger partial charge in [-0.3, -0.25) is 9.59 Å². The maximum absolute atomic E-state index is 14.2.